The maximum atomic E-state index is 13.6. The number of fused-ring (bicyclic) bond motifs is 1. The number of amides is 1. The summed E-state index contributed by atoms with van der Waals surface area (Å²) in [5.41, 5.74) is 1.51. The van der Waals surface area contributed by atoms with Gasteiger partial charge in [0.05, 0.1) is 18.5 Å². The molecule has 8 heteroatoms. The molecule has 1 aliphatic heterocycles. The fourth-order valence-corrected chi connectivity index (χ4v) is 3.27. The van der Waals surface area contributed by atoms with Crippen molar-refractivity contribution in [2.24, 2.45) is 0 Å². The van der Waals surface area contributed by atoms with Crippen LogP contribution in [0.3, 0.4) is 0 Å². The maximum absolute atomic E-state index is 13.6. The van der Waals surface area contributed by atoms with Gasteiger partial charge in [0.2, 0.25) is 5.91 Å². The molecule has 2 aromatic carbocycles. The number of aromatic nitrogens is 2. The number of nitrogens with zero attached hydrogens (tertiary/aromatic N) is 2. The lowest BCUT2D eigenvalue weighted by atomic mass is 9.89. The van der Waals surface area contributed by atoms with Crippen molar-refractivity contribution >= 4 is 11.7 Å². The Morgan fingerprint density at radius 3 is 2.67 bits per heavy atom. The molecule has 4 rings (SSSR count). The number of ether oxygens (including phenoxy) is 1. The molecule has 1 atom stereocenters. The Bertz CT molecular complexity index is 1030. The minimum absolute atomic E-state index is 0.0116. The molecule has 138 valence electrons. The van der Waals surface area contributed by atoms with Gasteiger partial charge in [-0.25, -0.2) is 13.8 Å². The number of imidazole rings is 1. The number of aromatic hydroxyl groups is 1. The van der Waals surface area contributed by atoms with Crippen molar-refractivity contribution in [1.29, 1.82) is 0 Å². The zero-order valence-corrected chi connectivity index (χ0v) is 14.2. The van der Waals surface area contributed by atoms with Gasteiger partial charge in [-0.2, -0.15) is 0 Å². The van der Waals surface area contributed by atoms with Gasteiger partial charge in [-0.05, 0) is 29.8 Å². The summed E-state index contributed by atoms with van der Waals surface area (Å²) in [6, 6.07) is 7.90. The van der Waals surface area contributed by atoms with Crippen LogP contribution in [0.15, 0.2) is 42.7 Å². The lowest BCUT2D eigenvalue weighted by molar-refractivity contribution is -0.116. The topological polar surface area (TPSA) is 76.4 Å². The molecular weight excluding hydrogens is 356 g/mol. The van der Waals surface area contributed by atoms with E-state index in [1.165, 1.54) is 24.1 Å². The molecule has 2 N–H and O–H groups in total. The second-order valence-corrected chi connectivity index (χ2v) is 6.21. The Labute approximate surface area is 153 Å². The lowest BCUT2D eigenvalue weighted by Crippen LogP contribution is -2.25. The number of hydrogen-bond acceptors (Lipinski definition) is 4. The predicted molar refractivity (Wildman–Crippen MR) is 93.2 cm³/mol. The number of hydrogen-bond donors (Lipinski definition) is 2. The molecule has 3 aromatic rings. The third kappa shape index (κ3) is 2.99. The summed E-state index contributed by atoms with van der Waals surface area (Å²) >= 11 is 0. The Hall–Kier alpha value is -3.42. The van der Waals surface area contributed by atoms with Gasteiger partial charge in [-0.3, -0.25) is 9.36 Å². The van der Waals surface area contributed by atoms with Crippen LogP contribution in [-0.4, -0.2) is 27.7 Å². The number of halogens is 2. The second kappa shape index (κ2) is 6.39. The number of benzene rings is 2. The highest BCUT2D eigenvalue weighted by atomic mass is 19.1. The van der Waals surface area contributed by atoms with Crippen LogP contribution in [0.25, 0.3) is 5.69 Å². The molecule has 1 aliphatic rings. The van der Waals surface area contributed by atoms with E-state index in [1.54, 1.807) is 12.1 Å². The highest BCUT2D eigenvalue weighted by Crippen LogP contribution is 2.40. The van der Waals surface area contributed by atoms with E-state index in [0.29, 0.717) is 11.5 Å². The van der Waals surface area contributed by atoms with Crippen LogP contribution in [0, 0.1) is 11.6 Å². The third-order valence-electron chi connectivity index (χ3n) is 4.50. The van der Waals surface area contributed by atoms with Gasteiger partial charge < -0.3 is 15.2 Å². The van der Waals surface area contributed by atoms with Gasteiger partial charge >= 0.3 is 0 Å². The normalized spacial score (nSPS) is 16.0. The van der Waals surface area contributed by atoms with Crippen molar-refractivity contribution < 1.29 is 23.4 Å². The molecule has 6 nitrogen and oxygen atoms in total. The van der Waals surface area contributed by atoms with Crippen LogP contribution in [0.4, 0.5) is 14.6 Å². The quantitative estimate of drug-likeness (QED) is 0.740. The van der Waals surface area contributed by atoms with Crippen molar-refractivity contribution in [2.75, 3.05) is 12.4 Å². The predicted octanol–water partition coefficient (Wildman–Crippen LogP) is 3.34. The summed E-state index contributed by atoms with van der Waals surface area (Å²) < 4.78 is 33.8. The van der Waals surface area contributed by atoms with Crippen LogP contribution in [0.1, 0.15) is 23.6 Å². The average molecular weight is 371 g/mol. The van der Waals surface area contributed by atoms with E-state index in [2.05, 4.69) is 10.3 Å². The molecule has 0 saturated heterocycles. The molecule has 1 aromatic heterocycles. The molecule has 0 fully saturated rings. The third-order valence-corrected chi connectivity index (χ3v) is 4.50. The van der Waals surface area contributed by atoms with Gasteiger partial charge in [0.1, 0.15) is 23.8 Å². The van der Waals surface area contributed by atoms with Crippen LogP contribution < -0.4 is 10.1 Å². The summed E-state index contributed by atoms with van der Waals surface area (Å²) in [4.78, 5) is 16.6. The number of rotatable bonds is 3. The van der Waals surface area contributed by atoms with E-state index in [0.717, 1.165) is 23.8 Å². The molecule has 0 radical (unpaired) electrons. The number of carbonyl (C=O) groups excluding carboxylic acids is 1. The molecule has 1 amide bonds. The molecule has 0 bridgehead atoms. The van der Waals surface area contributed by atoms with Gasteiger partial charge in [-0.1, -0.05) is 6.07 Å². The van der Waals surface area contributed by atoms with Crippen LogP contribution >= 0.6 is 0 Å². The molecule has 27 heavy (non-hydrogen) atoms. The average Bonchev–Trinajstić information content (AvgIpc) is 3.04. The van der Waals surface area contributed by atoms with E-state index in [-0.39, 0.29) is 35.4 Å². The number of carbonyl (C=O) groups is 1. The number of methoxy groups -OCH3 is 1. The summed E-state index contributed by atoms with van der Waals surface area (Å²) in [7, 11) is 1.44. The van der Waals surface area contributed by atoms with E-state index in [4.69, 9.17) is 4.74 Å². The largest absolute Gasteiger partial charge is 0.504 e. The van der Waals surface area contributed by atoms with Gasteiger partial charge in [0.25, 0.3) is 0 Å². The minimum Gasteiger partial charge on any atom is -0.504 e. The Balaban J connectivity index is 1.82. The highest BCUT2D eigenvalue weighted by molar-refractivity contribution is 5.94. The molecule has 1 unspecified atom stereocenters. The summed E-state index contributed by atoms with van der Waals surface area (Å²) in [6.07, 6.45) is 1.56. The Kier molecular flexibility index (Phi) is 4.02. The minimum atomic E-state index is -0.727. The first kappa shape index (κ1) is 17.0. The van der Waals surface area contributed by atoms with E-state index < -0.39 is 11.6 Å². The Morgan fingerprint density at radius 1 is 1.22 bits per heavy atom. The van der Waals surface area contributed by atoms with Crippen molar-refractivity contribution in [1.82, 2.24) is 9.55 Å². The number of phenols is 1. The SMILES string of the molecule is COc1cc(C2CC(=O)Nc3c2ncn3-c2cc(F)cc(F)c2)ccc1O. The molecule has 0 spiro atoms. The first-order valence-electron chi connectivity index (χ1n) is 8.16. The number of anilines is 1. The van der Waals surface area contributed by atoms with Gasteiger partial charge in [0.15, 0.2) is 11.5 Å². The second-order valence-electron chi connectivity index (χ2n) is 6.21. The van der Waals surface area contributed by atoms with E-state index in [9.17, 15) is 18.7 Å². The summed E-state index contributed by atoms with van der Waals surface area (Å²) in [5, 5.41) is 12.5. The summed E-state index contributed by atoms with van der Waals surface area (Å²) in [6.45, 7) is 0. The summed E-state index contributed by atoms with van der Waals surface area (Å²) in [5.74, 6) is -1.47. The van der Waals surface area contributed by atoms with Crippen LogP contribution in [0.2, 0.25) is 0 Å². The molecular formula is C19H15F2N3O3. The Morgan fingerprint density at radius 2 is 1.96 bits per heavy atom. The van der Waals surface area contributed by atoms with Crippen molar-refractivity contribution in [3.8, 4) is 17.2 Å². The van der Waals surface area contributed by atoms with Crippen molar-refractivity contribution in [3.05, 3.63) is 65.6 Å². The van der Waals surface area contributed by atoms with Crippen LogP contribution in [-0.2, 0) is 4.79 Å². The van der Waals surface area contributed by atoms with Crippen molar-refractivity contribution in [3.63, 3.8) is 0 Å². The first-order chi connectivity index (χ1) is 13.0. The smallest absolute Gasteiger partial charge is 0.226 e. The van der Waals surface area contributed by atoms with Crippen LogP contribution in [0.5, 0.6) is 11.5 Å². The number of phenolic OH excluding ortho intramolecular Hbond substituents is 1. The number of nitrogens with one attached hydrogen (secondary N) is 1. The zero-order valence-electron chi connectivity index (χ0n) is 14.2. The molecule has 2 heterocycles. The van der Waals surface area contributed by atoms with E-state index >= 15 is 0 Å². The lowest BCUT2D eigenvalue weighted by Gasteiger charge is -2.23. The molecule has 0 aliphatic carbocycles. The fraction of sp³-hybridized carbons (Fsp3) is 0.158. The monoisotopic (exact) mass is 371 g/mol. The zero-order chi connectivity index (χ0) is 19.1. The van der Waals surface area contributed by atoms with Gasteiger partial charge in [0, 0.05) is 18.4 Å². The molecule has 0 saturated carbocycles. The van der Waals surface area contributed by atoms with Gasteiger partial charge in [-0.15, -0.1) is 0 Å². The maximum Gasteiger partial charge on any atom is 0.226 e. The highest BCUT2D eigenvalue weighted by Gasteiger charge is 2.31. The standard InChI is InChI=1S/C19H15F2N3O3/c1-27-16-4-10(2-3-15(16)25)14-8-17(26)23-19-18(14)22-9-24(19)13-6-11(20)5-12(21)7-13/h2-7,9,14,25H,8H2,1H3,(H,23,26). The first-order valence-corrected chi connectivity index (χ1v) is 8.16. The fourth-order valence-electron chi connectivity index (χ4n) is 3.27. The van der Waals surface area contributed by atoms with Crippen molar-refractivity contribution in [2.45, 2.75) is 12.3 Å². The van der Waals surface area contributed by atoms with E-state index in [1.807, 2.05) is 0 Å².